The summed E-state index contributed by atoms with van der Waals surface area (Å²) in [5.41, 5.74) is 0. The summed E-state index contributed by atoms with van der Waals surface area (Å²) < 4.78 is 32.2. The highest BCUT2D eigenvalue weighted by Gasteiger charge is 2.38. The van der Waals surface area contributed by atoms with Crippen LogP contribution in [-0.4, -0.2) is 61.8 Å². The Balaban J connectivity index is 1.95. The van der Waals surface area contributed by atoms with Crippen molar-refractivity contribution in [2.75, 3.05) is 44.7 Å². The summed E-state index contributed by atoms with van der Waals surface area (Å²) in [5, 5.41) is 0.877. The third-order valence-corrected chi connectivity index (χ3v) is 5.65. The van der Waals surface area contributed by atoms with Crippen molar-refractivity contribution in [1.82, 2.24) is 8.61 Å². The van der Waals surface area contributed by atoms with Gasteiger partial charge in [-0.2, -0.15) is 17.0 Å². The molecule has 2 heterocycles. The quantitative estimate of drug-likeness (QED) is 0.683. The Bertz CT molecular complexity index is 310. The number of rotatable bonds is 3. The maximum Gasteiger partial charge on any atom is 0.282 e. The van der Waals surface area contributed by atoms with E-state index in [2.05, 4.69) is 15.9 Å². The molecule has 0 aliphatic carbocycles. The molecule has 2 saturated heterocycles. The van der Waals surface area contributed by atoms with E-state index in [0.717, 1.165) is 5.33 Å². The Morgan fingerprint density at radius 3 is 2.33 bits per heavy atom. The van der Waals surface area contributed by atoms with Crippen molar-refractivity contribution in [2.45, 2.75) is 0 Å². The zero-order valence-corrected chi connectivity index (χ0v) is 10.8. The molecule has 2 rings (SSSR count). The van der Waals surface area contributed by atoms with Crippen molar-refractivity contribution in [3.05, 3.63) is 0 Å². The van der Waals surface area contributed by atoms with Crippen LogP contribution in [0.25, 0.3) is 0 Å². The minimum atomic E-state index is -3.20. The molecule has 2 fully saturated rings. The summed E-state index contributed by atoms with van der Waals surface area (Å²) in [6, 6.07) is 0. The second-order valence-electron chi connectivity index (χ2n) is 3.86. The lowest BCUT2D eigenvalue weighted by atomic mass is 10.1. The lowest BCUT2D eigenvalue weighted by molar-refractivity contribution is 0.0670. The Hall–Kier alpha value is 0.310. The largest absolute Gasteiger partial charge is 0.379 e. The average molecular weight is 299 g/mol. The summed E-state index contributed by atoms with van der Waals surface area (Å²) in [5.74, 6) is 0.473. The first-order chi connectivity index (χ1) is 7.14. The van der Waals surface area contributed by atoms with E-state index in [9.17, 15) is 8.42 Å². The van der Waals surface area contributed by atoms with Crippen LogP contribution in [0.5, 0.6) is 0 Å². The summed E-state index contributed by atoms with van der Waals surface area (Å²) in [7, 11) is -3.20. The van der Waals surface area contributed by atoms with Crippen molar-refractivity contribution in [2.24, 2.45) is 5.92 Å². The molecule has 0 atom stereocenters. The summed E-state index contributed by atoms with van der Waals surface area (Å²) in [6.07, 6.45) is 0. The molecule has 0 spiro atoms. The zero-order valence-electron chi connectivity index (χ0n) is 8.43. The highest BCUT2D eigenvalue weighted by Crippen LogP contribution is 2.23. The van der Waals surface area contributed by atoms with Crippen LogP contribution in [0, 0.1) is 5.92 Å². The van der Waals surface area contributed by atoms with E-state index in [4.69, 9.17) is 4.74 Å². The maximum absolute atomic E-state index is 12.0. The maximum atomic E-state index is 12.0. The molecule has 15 heavy (non-hydrogen) atoms. The van der Waals surface area contributed by atoms with Gasteiger partial charge >= 0.3 is 0 Å². The molecule has 0 N–H and O–H groups in total. The fourth-order valence-electron chi connectivity index (χ4n) is 1.75. The molecule has 5 nitrogen and oxygen atoms in total. The Morgan fingerprint density at radius 1 is 1.20 bits per heavy atom. The van der Waals surface area contributed by atoms with Crippen LogP contribution in [0.4, 0.5) is 0 Å². The zero-order chi connectivity index (χ0) is 10.9. The van der Waals surface area contributed by atoms with Crippen LogP contribution < -0.4 is 0 Å². The Labute approximate surface area is 98.7 Å². The normalized spacial score (nSPS) is 26.5. The summed E-state index contributed by atoms with van der Waals surface area (Å²) >= 11 is 3.36. The number of nitrogens with zero attached hydrogens (tertiary/aromatic N) is 2. The van der Waals surface area contributed by atoms with E-state index in [0.29, 0.717) is 45.3 Å². The van der Waals surface area contributed by atoms with Gasteiger partial charge in [0.15, 0.2) is 0 Å². The van der Waals surface area contributed by atoms with Gasteiger partial charge in [-0.3, -0.25) is 0 Å². The van der Waals surface area contributed by atoms with Gasteiger partial charge in [-0.25, -0.2) is 0 Å². The third-order valence-electron chi connectivity index (χ3n) is 2.76. The second-order valence-corrected chi connectivity index (χ2v) is 6.43. The van der Waals surface area contributed by atoms with Crippen LogP contribution in [-0.2, 0) is 14.9 Å². The van der Waals surface area contributed by atoms with Gasteiger partial charge in [0, 0.05) is 31.5 Å². The second kappa shape index (κ2) is 4.67. The first-order valence-electron chi connectivity index (χ1n) is 5.03. The predicted octanol–water partition coefficient (Wildman–Crippen LogP) is -0.110. The molecular formula is C8H15BrN2O3S. The van der Waals surface area contributed by atoms with Crippen LogP contribution in [0.15, 0.2) is 0 Å². The molecule has 2 aliphatic rings. The number of morpholine rings is 1. The first kappa shape index (κ1) is 11.8. The standard InChI is InChI=1S/C8H15BrN2O3S/c9-5-8-6-11(7-8)15(12,13)10-1-3-14-4-2-10/h8H,1-7H2. The third kappa shape index (κ3) is 2.36. The molecular weight excluding hydrogens is 284 g/mol. The van der Waals surface area contributed by atoms with E-state index < -0.39 is 10.2 Å². The molecule has 0 aromatic carbocycles. The van der Waals surface area contributed by atoms with Crippen molar-refractivity contribution >= 4 is 26.1 Å². The van der Waals surface area contributed by atoms with Gasteiger partial charge in [-0.05, 0) is 5.92 Å². The van der Waals surface area contributed by atoms with Crippen LogP contribution in [0.2, 0.25) is 0 Å². The van der Waals surface area contributed by atoms with Crippen molar-refractivity contribution < 1.29 is 13.2 Å². The van der Waals surface area contributed by atoms with Gasteiger partial charge in [-0.15, -0.1) is 0 Å². The molecule has 0 aromatic heterocycles. The van der Waals surface area contributed by atoms with E-state index in [1.807, 2.05) is 0 Å². The van der Waals surface area contributed by atoms with Gasteiger partial charge in [0.1, 0.15) is 0 Å². The lowest BCUT2D eigenvalue weighted by Gasteiger charge is -2.40. The van der Waals surface area contributed by atoms with E-state index >= 15 is 0 Å². The Morgan fingerprint density at radius 2 is 1.80 bits per heavy atom. The molecule has 0 bridgehead atoms. The molecule has 0 aromatic rings. The highest BCUT2D eigenvalue weighted by atomic mass is 79.9. The number of halogens is 1. The van der Waals surface area contributed by atoms with Crippen molar-refractivity contribution in [1.29, 1.82) is 0 Å². The van der Waals surface area contributed by atoms with Gasteiger partial charge < -0.3 is 4.74 Å². The number of hydrogen-bond acceptors (Lipinski definition) is 3. The molecule has 88 valence electrons. The lowest BCUT2D eigenvalue weighted by Crippen LogP contribution is -2.57. The summed E-state index contributed by atoms with van der Waals surface area (Å²) in [4.78, 5) is 0. The fraction of sp³-hybridized carbons (Fsp3) is 1.00. The number of hydrogen-bond donors (Lipinski definition) is 0. The van der Waals surface area contributed by atoms with Gasteiger partial charge in [0.2, 0.25) is 0 Å². The number of ether oxygens (including phenoxy) is 1. The minimum Gasteiger partial charge on any atom is -0.379 e. The van der Waals surface area contributed by atoms with Crippen LogP contribution >= 0.6 is 15.9 Å². The van der Waals surface area contributed by atoms with Gasteiger partial charge in [-0.1, -0.05) is 15.9 Å². The van der Waals surface area contributed by atoms with E-state index in [1.54, 1.807) is 4.31 Å². The molecule has 0 radical (unpaired) electrons. The number of alkyl halides is 1. The smallest absolute Gasteiger partial charge is 0.282 e. The van der Waals surface area contributed by atoms with E-state index in [-0.39, 0.29) is 0 Å². The first-order valence-corrected chi connectivity index (χ1v) is 7.55. The molecule has 0 saturated carbocycles. The summed E-state index contributed by atoms with van der Waals surface area (Å²) in [6.45, 7) is 3.27. The molecule has 0 amide bonds. The predicted molar refractivity (Wildman–Crippen MR) is 60.2 cm³/mol. The minimum absolute atomic E-state index is 0.473. The topological polar surface area (TPSA) is 49.9 Å². The Kier molecular flexibility index (Phi) is 3.67. The fourth-order valence-corrected chi connectivity index (χ4v) is 3.89. The molecule has 0 unspecified atom stereocenters. The molecule has 2 aliphatic heterocycles. The SMILES string of the molecule is O=S(=O)(N1CCOCC1)N1CC(CBr)C1. The van der Waals surface area contributed by atoms with Crippen LogP contribution in [0.1, 0.15) is 0 Å². The van der Waals surface area contributed by atoms with Gasteiger partial charge in [0.05, 0.1) is 13.2 Å². The van der Waals surface area contributed by atoms with Gasteiger partial charge in [0.25, 0.3) is 10.2 Å². The van der Waals surface area contributed by atoms with Crippen molar-refractivity contribution in [3.63, 3.8) is 0 Å². The van der Waals surface area contributed by atoms with Crippen molar-refractivity contribution in [3.8, 4) is 0 Å². The highest BCUT2D eigenvalue weighted by molar-refractivity contribution is 9.09. The molecule has 7 heteroatoms. The van der Waals surface area contributed by atoms with Crippen LogP contribution in [0.3, 0.4) is 0 Å². The van der Waals surface area contributed by atoms with E-state index in [1.165, 1.54) is 4.31 Å². The monoisotopic (exact) mass is 298 g/mol. The average Bonchev–Trinajstić information content (AvgIpc) is 2.17.